The number of carboxylic acid groups (broad SMARTS) is 4. The number of hydrogen-bond acceptors (Lipinski definition) is 14. The van der Waals surface area contributed by atoms with E-state index < -0.39 is 83.9 Å². The van der Waals surface area contributed by atoms with Gasteiger partial charge < -0.3 is 44.7 Å². The van der Waals surface area contributed by atoms with Crippen LogP contribution in [-0.4, -0.2) is 90.3 Å². The van der Waals surface area contributed by atoms with Crippen LogP contribution in [0.15, 0.2) is 70.2 Å². The number of carbonyl (C=O) groups excluding carboxylic acids is 5. The van der Waals surface area contributed by atoms with Crippen molar-refractivity contribution in [1.82, 2.24) is 9.80 Å². The molecule has 0 unspecified atom stereocenters. The molecule has 0 aliphatic heterocycles. The first-order valence-corrected chi connectivity index (χ1v) is 15.1. The minimum atomic E-state index is -4.88. The standard InChI is InChI=1S/C31H32N2O13S.4Na/c1-17-7-19(9-21(30(17)42)11-32(13-25(34)35)14-26(36)37)29(23-5-3-4-6-24(23)47(44,45)46)20-8-18(2)31(43)22(10-20)12-33(15-27(38)39)16-28(40)41;;;;/h3-10,42H,11-16H2,1-2H3,(H,34,35)(H,36,37)(H,38,39)(H,40,41)(H,44,45,46);;;;/q;4*+1/p-4/b29-20-;;;;. The second-order valence-corrected chi connectivity index (χ2v) is 12.1. The minimum Gasteiger partial charge on any atom is -0.549 e. The van der Waals surface area contributed by atoms with Gasteiger partial charge in [0.1, 0.15) is 10.6 Å². The quantitative estimate of drug-likeness (QED) is 0.126. The third kappa shape index (κ3) is 15.2. The van der Waals surface area contributed by atoms with Gasteiger partial charge in [0.05, 0.1) is 23.9 Å². The average molecular weight is 761 g/mol. The number of benzene rings is 2. The summed E-state index contributed by atoms with van der Waals surface area (Å²) in [4.78, 5) is 59.5. The van der Waals surface area contributed by atoms with Crippen LogP contribution in [0, 0.1) is 6.92 Å². The zero-order valence-corrected chi connectivity index (χ0v) is 37.9. The van der Waals surface area contributed by atoms with E-state index in [9.17, 15) is 62.5 Å². The zero-order valence-electron chi connectivity index (χ0n) is 29.0. The number of phenols is 1. The van der Waals surface area contributed by atoms with Crippen LogP contribution >= 0.6 is 0 Å². The van der Waals surface area contributed by atoms with Crippen molar-refractivity contribution in [2.45, 2.75) is 25.3 Å². The van der Waals surface area contributed by atoms with Crippen LogP contribution in [0.25, 0.3) is 5.57 Å². The molecule has 0 fully saturated rings. The number of rotatable bonds is 15. The van der Waals surface area contributed by atoms with Crippen LogP contribution in [0.1, 0.15) is 29.2 Å². The van der Waals surface area contributed by atoms with Gasteiger partial charge in [-0.3, -0.25) is 19.1 Å². The van der Waals surface area contributed by atoms with Gasteiger partial charge in [0.25, 0.3) is 10.1 Å². The van der Waals surface area contributed by atoms with Crippen molar-refractivity contribution in [3.05, 3.63) is 87.5 Å². The maximum atomic E-state index is 13.2. The van der Waals surface area contributed by atoms with Gasteiger partial charge in [0.2, 0.25) is 0 Å². The molecule has 51 heavy (non-hydrogen) atoms. The Morgan fingerprint density at radius 3 is 1.69 bits per heavy atom. The van der Waals surface area contributed by atoms with Crippen LogP contribution in [-0.2, 0) is 40.6 Å². The fourth-order valence-electron chi connectivity index (χ4n) is 5.15. The minimum absolute atomic E-state index is 0. The molecule has 0 atom stereocenters. The molecule has 0 bridgehead atoms. The van der Waals surface area contributed by atoms with Gasteiger partial charge >= 0.3 is 118 Å². The van der Waals surface area contributed by atoms with E-state index in [4.69, 9.17) is 0 Å². The first kappa shape index (κ1) is 51.9. The van der Waals surface area contributed by atoms with Gasteiger partial charge in [-0.15, -0.1) is 0 Å². The topological polar surface area (TPSA) is 259 Å². The van der Waals surface area contributed by atoms with Gasteiger partial charge in [0.15, 0.2) is 5.78 Å². The van der Waals surface area contributed by atoms with E-state index >= 15 is 0 Å². The van der Waals surface area contributed by atoms with E-state index in [0.717, 1.165) is 15.9 Å². The average Bonchev–Trinajstić information content (AvgIpc) is 2.92. The third-order valence-electron chi connectivity index (χ3n) is 6.94. The van der Waals surface area contributed by atoms with Crippen molar-refractivity contribution in [2.24, 2.45) is 0 Å². The van der Waals surface area contributed by atoms with Crippen molar-refractivity contribution in [3.63, 3.8) is 0 Å². The second kappa shape index (κ2) is 22.9. The number of aromatic hydroxyl groups is 1. The Labute approximate surface area is 382 Å². The number of aliphatic carboxylic acids is 4. The molecule has 0 radical (unpaired) electrons. The summed E-state index contributed by atoms with van der Waals surface area (Å²) in [6.07, 6.45) is 2.66. The number of carboxylic acids is 4. The molecule has 3 rings (SSSR count). The molecule has 2 aromatic carbocycles. The fourth-order valence-corrected chi connectivity index (χ4v) is 5.85. The van der Waals surface area contributed by atoms with Crippen LogP contribution in [0.5, 0.6) is 5.75 Å². The van der Waals surface area contributed by atoms with E-state index in [1.54, 1.807) is 0 Å². The van der Waals surface area contributed by atoms with Crippen molar-refractivity contribution >= 4 is 45.4 Å². The molecule has 0 saturated carbocycles. The summed E-state index contributed by atoms with van der Waals surface area (Å²) in [7, 11) is -4.88. The molecule has 0 aromatic heterocycles. The first-order valence-electron chi connectivity index (χ1n) is 13.7. The predicted octanol–water partition coefficient (Wildman–Crippen LogP) is -15.7. The van der Waals surface area contributed by atoms with Crippen LogP contribution < -0.4 is 139 Å². The largest absolute Gasteiger partial charge is 1.00 e. The van der Waals surface area contributed by atoms with Gasteiger partial charge in [-0.1, -0.05) is 18.2 Å². The summed E-state index contributed by atoms with van der Waals surface area (Å²) >= 11 is 0. The number of carbonyl (C=O) groups is 5. The van der Waals surface area contributed by atoms with Crippen LogP contribution in [0.3, 0.4) is 0 Å². The SMILES string of the molecule is CC1=C/C(=C(\c2cc(C)c(O)c(CN(CC(=O)[O-])CC(=O)[O-])c2)c2ccccc2S(=O)(=O)O)C=C(CN(CC(=O)[O-])CC(=O)[O-])C1=O.[Na+].[Na+].[Na+].[Na+]. The number of aryl methyl sites for hydroxylation is 1. The molecule has 250 valence electrons. The summed E-state index contributed by atoms with van der Waals surface area (Å²) in [6.45, 7) is -1.49. The van der Waals surface area contributed by atoms with Crippen molar-refractivity contribution in [3.8, 4) is 5.75 Å². The molecule has 15 nitrogen and oxygen atoms in total. The first-order chi connectivity index (χ1) is 21.9. The molecule has 0 spiro atoms. The Balaban J connectivity index is 0. The Kier molecular flexibility index (Phi) is 23.3. The van der Waals surface area contributed by atoms with Crippen molar-refractivity contribution in [2.75, 3.05) is 32.7 Å². The normalized spacial score (nSPS) is 13.4. The smallest absolute Gasteiger partial charge is 0.549 e. The van der Waals surface area contributed by atoms with Gasteiger partial charge in [-0.05, 0) is 72.0 Å². The molecule has 1 aliphatic carbocycles. The van der Waals surface area contributed by atoms with Crippen molar-refractivity contribution in [1.29, 1.82) is 0 Å². The zero-order chi connectivity index (χ0) is 35.2. The van der Waals surface area contributed by atoms with Gasteiger partial charge in [-0.25, -0.2) is 0 Å². The maximum absolute atomic E-state index is 13.2. The number of phenolic OH excluding ortho intramolecular Hbond substituents is 1. The number of ketones is 1. The molecule has 0 amide bonds. The van der Waals surface area contributed by atoms with Crippen molar-refractivity contribution < 1.29 is 181 Å². The predicted molar refractivity (Wildman–Crippen MR) is 154 cm³/mol. The Bertz CT molecular complexity index is 1830. The number of allylic oxidation sites excluding steroid dienone is 4. The van der Waals surface area contributed by atoms with E-state index in [2.05, 4.69) is 0 Å². The number of nitrogens with zero attached hydrogens (tertiary/aromatic N) is 2. The summed E-state index contributed by atoms with van der Waals surface area (Å²) in [5, 5.41) is 56.0. The van der Waals surface area contributed by atoms with Gasteiger partial charge in [-0.2, -0.15) is 8.42 Å². The monoisotopic (exact) mass is 760 g/mol. The Hall–Kier alpha value is -1.16. The summed E-state index contributed by atoms with van der Waals surface area (Å²) in [6, 6.07) is 8.00. The summed E-state index contributed by atoms with van der Waals surface area (Å²) < 4.78 is 35.1. The number of hydrogen-bond donors (Lipinski definition) is 2. The fraction of sp³-hybridized carbons (Fsp3) is 0.258. The third-order valence-corrected chi connectivity index (χ3v) is 7.85. The molecule has 0 saturated heterocycles. The maximum Gasteiger partial charge on any atom is 1.00 e. The molecular weight excluding hydrogens is 732 g/mol. The Morgan fingerprint density at radius 2 is 1.22 bits per heavy atom. The molecule has 2 N–H and O–H groups in total. The molecule has 2 aromatic rings. The Morgan fingerprint density at radius 1 is 0.745 bits per heavy atom. The molecule has 1 aliphatic rings. The summed E-state index contributed by atoms with van der Waals surface area (Å²) in [5.41, 5.74) is 0.483. The van der Waals surface area contributed by atoms with E-state index in [1.165, 1.54) is 56.3 Å². The van der Waals surface area contributed by atoms with E-state index in [-0.39, 0.29) is 169 Å². The van der Waals surface area contributed by atoms with E-state index in [0.29, 0.717) is 0 Å². The molecular formula is C31H28N2Na4O13S. The second-order valence-electron chi connectivity index (χ2n) is 10.7. The van der Waals surface area contributed by atoms with Crippen LogP contribution in [0.2, 0.25) is 0 Å². The van der Waals surface area contributed by atoms with Gasteiger partial charge in [0, 0.05) is 56.0 Å². The van der Waals surface area contributed by atoms with Crippen LogP contribution in [0.4, 0.5) is 0 Å². The van der Waals surface area contributed by atoms with E-state index in [1.807, 2.05) is 0 Å². The molecule has 0 heterocycles. The molecule has 20 heteroatoms. The summed E-state index contributed by atoms with van der Waals surface area (Å²) in [5.74, 6) is -7.40. The number of Topliss-reactive ketones (excluding diaryl/α,β-unsaturated/α-hetero) is 1.